The first-order chi connectivity index (χ1) is 12.5. The SMILES string of the molecule is CCc1ccc([Se]CC(O)(Cn2cncn2)c2ccc(F)cc2F)cc1. The van der Waals surface area contributed by atoms with Gasteiger partial charge in [0.1, 0.15) is 0 Å². The molecular formula is C19H19F2N3OSe. The van der Waals surface area contributed by atoms with Gasteiger partial charge in [-0.25, -0.2) is 0 Å². The van der Waals surface area contributed by atoms with Crippen molar-refractivity contribution >= 4 is 19.4 Å². The van der Waals surface area contributed by atoms with Crippen LogP contribution in [0, 0.1) is 11.6 Å². The minimum absolute atomic E-state index is 0.0460. The fourth-order valence-corrected chi connectivity index (χ4v) is 4.74. The van der Waals surface area contributed by atoms with Gasteiger partial charge in [-0.05, 0) is 0 Å². The molecule has 7 heteroatoms. The molecule has 1 aromatic heterocycles. The van der Waals surface area contributed by atoms with Crippen molar-refractivity contribution in [1.82, 2.24) is 14.8 Å². The van der Waals surface area contributed by atoms with Crippen molar-refractivity contribution in [3.05, 3.63) is 77.9 Å². The summed E-state index contributed by atoms with van der Waals surface area (Å²) in [7, 11) is 0. The van der Waals surface area contributed by atoms with E-state index in [0.29, 0.717) is 5.32 Å². The summed E-state index contributed by atoms with van der Waals surface area (Å²) < 4.78 is 30.2. The van der Waals surface area contributed by atoms with Gasteiger partial charge in [-0.3, -0.25) is 0 Å². The topological polar surface area (TPSA) is 50.9 Å². The van der Waals surface area contributed by atoms with Gasteiger partial charge in [-0.15, -0.1) is 0 Å². The van der Waals surface area contributed by atoms with Crippen molar-refractivity contribution in [2.45, 2.75) is 30.8 Å². The van der Waals surface area contributed by atoms with Crippen LogP contribution in [0.15, 0.2) is 55.1 Å². The summed E-state index contributed by atoms with van der Waals surface area (Å²) >= 11 is -0.0948. The van der Waals surface area contributed by atoms with Crippen LogP contribution >= 0.6 is 0 Å². The van der Waals surface area contributed by atoms with E-state index in [1.54, 1.807) is 0 Å². The van der Waals surface area contributed by atoms with Crippen molar-refractivity contribution in [3.8, 4) is 0 Å². The molecule has 1 unspecified atom stereocenters. The summed E-state index contributed by atoms with van der Waals surface area (Å²) in [5.74, 6) is -1.43. The molecule has 3 rings (SSSR count). The van der Waals surface area contributed by atoms with E-state index in [9.17, 15) is 13.9 Å². The predicted molar refractivity (Wildman–Crippen MR) is 96.3 cm³/mol. The Morgan fingerprint density at radius 3 is 2.54 bits per heavy atom. The second-order valence-corrected chi connectivity index (χ2v) is 8.24. The molecule has 136 valence electrons. The Bertz CT molecular complexity index is 856. The first kappa shape index (κ1) is 18.7. The molecule has 0 radical (unpaired) electrons. The Hall–Kier alpha value is -2.08. The molecule has 0 saturated carbocycles. The summed E-state index contributed by atoms with van der Waals surface area (Å²) in [5.41, 5.74) is -0.192. The second kappa shape index (κ2) is 8.08. The Kier molecular flexibility index (Phi) is 5.81. The number of benzene rings is 2. The van der Waals surface area contributed by atoms with Gasteiger partial charge in [0, 0.05) is 0 Å². The third kappa shape index (κ3) is 4.36. The van der Waals surface area contributed by atoms with Crippen LogP contribution in [0.4, 0.5) is 8.78 Å². The molecule has 0 fully saturated rings. The van der Waals surface area contributed by atoms with Crippen molar-refractivity contribution in [2.75, 3.05) is 0 Å². The molecule has 0 bridgehead atoms. The van der Waals surface area contributed by atoms with Gasteiger partial charge in [-0.1, -0.05) is 0 Å². The fraction of sp³-hybridized carbons (Fsp3) is 0.263. The summed E-state index contributed by atoms with van der Waals surface area (Å²) in [6.07, 6.45) is 3.79. The van der Waals surface area contributed by atoms with Crippen LogP contribution in [-0.4, -0.2) is 34.8 Å². The standard InChI is InChI=1S/C19H19F2N3OSe/c1-2-14-3-6-16(7-4-14)26-11-19(25,10-24-13-22-12-23-24)17-8-5-15(20)9-18(17)21/h3-9,12-13,25H,2,10-11H2,1H3. The summed E-state index contributed by atoms with van der Waals surface area (Å²) in [4.78, 5) is 3.87. The van der Waals surface area contributed by atoms with E-state index in [-0.39, 0.29) is 27.1 Å². The molecule has 0 aliphatic heterocycles. The molecule has 1 atom stereocenters. The molecular weight excluding hydrogens is 403 g/mol. The molecule has 1 N–H and O–H groups in total. The van der Waals surface area contributed by atoms with Crippen LogP contribution in [-0.2, 0) is 18.6 Å². The van der Waals surface area contributed by atoms with Gasteiger partial charge < -0.3 is 0 Å². The zero-order valence-corrected chi connectivity index (χ0v) is 16.0. The third-order valence-electron chi connectivity index (χ3n) is 4.13. The van der Waals surface area contributed by atoms with E-state index in [4.69, 9.17) is 0 Å². The Balaban J connectivity index is 1.86. The van der Waals surface area contributed by atoms with Crippen molar-refractivity contribution in [2.24, 2.45) is 0 Å². The summed E-state index contributed by atoms with van der Waals surface area (Å²) in [6, 6.07) is 11.5. The average molecular weight is 422 g/mol. The van der Waals surface area contributed by atoms with Gasteiger partial charge in [0.05, 0.1) is 0 Å². The van der Waals surface area contributed by atoms with E-state index in [2.05, 4.69) is 29.1 Å². The molecule has 0 amide bonds. The first-order valence-electron chi connectivity index (χ1n) is 8.22. The zero-order valence-electron chi connectivity index (χ0n) is 14.3. The molecule has 4 nitrogen and oxygen atoms in total. The normalized spacial score (nSPS) is 13.5. The number of aromatic nitrogens is 3. The Morgan fingerprint density at radius 2 is 1.92 bits per heavy atom. The number of hydrogen-bond donors (Lipinski definition) is 1. The van der Waals surface area contributed by atoms with E-state index in [0.717, 1.165) is 23.0 Å². The maximum absolute atomic E-state index is 14.4. The van der Waals surface area contributed by atoms with Crippen LogP contribution in [0.3, 0.4) is 0 Å². The first-order valence-corrected chi connectivity index (χ1v) is 10.3. The number of aliphatic hydroxyl groups is 1. The van der Waals surface area contributed by atoms with Gasteiger partial charge in [-0.2, -0.15) is 0 Å². The molecule has 3 aromatic rings. The van der Waals surface area contributed by atoms with E-state index >= 15 is 0 Å². The number of nitrogens with zero attached hydrogens (tertiary/aromatic N) is 3. The fourth-order valence-electron chi connectivity index (χ4n) is 2.68. The Morgan fingerprint density at radius 1 is 1.15 bits per heavy atom. The van der Waals surface area contributed by atoms with Crippen molar-refractivity contribution in [3.63, 3.8) is 0 Å². The third-order valence-corrected chi connectivity index (χ3v) is 6.71. The maximum atomic E-state index is 14.4. The molecule has 2 aromatic carbocycles. The number of halogens is 2. The number of hydrogen-bond acceptors (Lipinski definition) is 3. The monoisotopic (exact) mass is 423 g/mol. The predicted octanol–water partition coefficient (Wildman–Crippen LogP) is 2.45. The van der Waals surface area contributed by atoms with Gasteiger partial charge in [0.25, 0.3) is 0 Å². The molecule has 26 heavy (non-hydrogen) atoms. The second-order valence-electron chi connectivity index (χ2n) is 6.03. The van der Waals surface area contributed by atoms with E-state index in [1.807, 2.05) is 12.1 Å². The average Bonchev–Trinajstić information content (AvgIpc) is 3.13. The molecule has 0 aliphatic rings. The van der Waals surface area contributed by atoms with Gasteiger partial charge in [0.15, 0.2) is 0 Å². The van der Waals surface area contributed by atoms with Crippen LogP contribution in [0.5, 0.6) is 0 Å². The van der Waals surface area contributed by atoms with Crippen molar-refractivity contribution < 1.29 is 13.9 Å². The zero-order chi connectivity index (χ0) is 18.6. The minimum atomic E-state index is -1.51. The summed E-state index contributed by atoms with van der Waals surface area (Å²) in [5, 5.41) is 15.6. The molecule has 0 aliphatic carbocycles. The van der Waals surface area contributed by atoms with E-state index in [1.165, 1.54) is 29.0 Å². The van der Waals surface area contributed by atoms with Gasteiger partial charge in [0.2, 0.25) is 0 Å². The van der Waals surface area contributed by atoms with Crippen LogP contribution < -0.4 is 4.46 Å². The number of rotatable bonds is 7. The Labute approximate surface area is 157 Å². The van der Waals surface area contributed by atoms with Crippen LogP contribution in [0.2, 0.25) is 5.32 Å². The van der Waals surface area contributed by atoms with Crippen LogP contribution in [0.1, 0.15) is 18.1 Å². The van der Waals surface area contributed by atoms with E-state index < -0.39 is 17.2 Å². The van der Waals surface area contributed by atoms with Gasteiger partial charge >= 0.3 is 157 Å². The summed E-state index contributed by atoms with van der Waals surface area (Å²) in [6.45, 7) is 2.14. The molecule has 0 saturated heterocycles. The molecule has 0 spiro atoms. The quantitative estimate of drug-likeness (QED) is 0.596. The molecule has 1 heterocycles. The number of aryl methyl sites for hydroxylation is 1. The van der Waals surface area contributed by atoms with Crippen LogP contribution in [0.25, 0.3) is 0 Å². The van der Waals surface area contributed by atoms with Crippen molar-refractivity contribution in [1.29, 1.82) is 0 Å².